The predicted octanol–water partition coefficient (Wildman–Crippen LogP) is 2.60. The fraction of sp³-hybridized carbons (Fsp3) is 0.364. The van der Waals surface area contributed by atoms with E-state index in [9.17, 15) is 0 Å². The first-order chi connectivity index (χ1) is 9.15. The number of hydrogen-bond acceptors (Lipinski definition) is 6. The molecule has 0 spiro atoms. The number of aromatic nitrogens is 3. The molecular weight excluding hydrogens is 307 g/mol. The third-order valence-corrected chi connectivity index (χ3v) is 4.61. The van der Waals surface area contributed by atoms with Gasteiger partial charge in [-0.2, -0.15) is 16.7 Å². The van der Waals surface area contributed by atoms with Gasteiger partial charge in [0.2, 0.25) is 11.7 Å². The van der Waals surface area contributed by atoms with E-state index in [4.69, 9.17) is 33.5 Å². The number of nitrogens with two attached hydrogens (primary N) is 1. The standard InChI is InChI=1S/C11H10Cl2N4OS/c12-5-1-7(13)9(15-2-5)10-16-11(18-17-10)6-3-19-4-8(6)14/h1-2,6,8H,3-4,14H2. The Bertz CT molecular complexity index is 606. The van der Waals surface area contributed by atoms with Crippen LogP contribution in [0, 0.1) is 0 Å². The smallest absolute Gasteiger partial charge is 0.232 e. The summed E-state index contributed by atoms with van der Waals surface area (Å²) in [5.41, 5.74) is 6.46. The molecule has 3 rings (SSSR count). The van der Waals surface area contributed by atoms with Crippen LogP contribution < -0.4 is 5.73 Å². The van der Waals surface area contributed by atoms with E-state index >= 15 is 0 Å². The van der Waals surface area contributed by atoms with Gasteiger partial charge in [0.25, 0.3) is 0 Å². The highest BCUT2D eigenvalue weighted by atomic mass is 35.5. The lowest BCUT2D eigenvalue weighted by Gasteiger charge is -2.07. The van der Waals surface area contributed by atoms with Gasteiger partial charge < -0.3 is 10.3 Å². The monoisotopic (exact) mass is 316 g/mol. The lowest BCUT2D eigenvalue weighted by Crippen LogP contribution is -2.26. The summed E-state index contributed by atoms with van der Waals surface area (Å²) in [6.45, 7) is 0. The molecule has 1 aliphatic heterocycles. The molecule has 19 heavy (non-hydrogen) atoms. The quantitative estimate of drug-likeness (QED) is 0.917. The molecule has 1 saturated heterocycles. The van der Waals surface area contributed by atoms with Crippen molar-refractivity contribution in [3.8, 4) is 11.5 Å². The molecule has 0 radical (unpaired) electrons. The van der Waals surface area contributed by atoms with E-state index in [1.807, 2.05) is 0 Å². The van der Waals surface area contributed by atoms with E-state index in [2.05, 4.69) is 15.1 Å². The van der Waals surface area contributed by atoms with Gasteiger partial charge in [-0.05, 0) is 6.07 Å². The molecule has 3 heterocycles. The Labute approximate surface area is 123 Å². The summed E-state index contributed by atoms with van der Waals surface area (Å²) in [4.78, 5) is 8.46. The zero-order chi connectivity index (χ0) is 13.4. The fourth-order valence-corrected chi connectivity index (χ4v) is 3.64. The van der Waals surface area contributed by atoms with Crippen molar-refractivity contribution in [3.05, 3.63) is 28.2 Å². The third kappa shape index (κ3) is 2.58. The molecule has 0 aromatic carbocycles. The number of pyridine rings is 1. The van der Waals surface area contributed by atoms with Crippen LogP contribution in [0.3, 0.4) is 0 Å². The highest BCUT2D eigenvalue weighted by Crippen LogP contribution is 2.32. The van der Waals surface area contributed by atoms with Crippen LogP contribution in [0.2, 0.25) is 10.0 Å². The molecule has 0 aliphatic carbocycles. The molecule has 5 nitrogen and oxygen atoms in total. The van der Waals surface area contributed by atoms with E-state index in [1.165, 1.54) is 6.20 Å². The molecule has 0 amide bonds. The van der Waals surface area contributed by atoms with E-state index in [0.717, 1.165) is 11.5 Å². The number of hydrogen-bond donors (Lipinski definition) is 1. The zero-order valence-electron chi connectivity index (χ0n) is 9.72. The van der Waals surface area contributed by atoms with Crippen molar-refractivity contribution in [2.75, 3.05) is 11.5 Å². The highest BCUT2D eigenvalue weighted by Gasteiger charge is 2.31. The molecule has 1 fully saturated rings. The summed E-state index contributed by atoms with van der Waals surface area (Å²) in [7, 11) is 0. The molecule has 1 aliphatic rings. The second-order valence-corrected chi connectivity index (χ2v) is 6.17. The Morgan fingerprint density at radius 2 is 2.21 bits per heavy atom. The fourth-order valence-electron chi connectivity index (χ4n) is 1.89. The van der Waals surface area contributed by atoms with Gasteiger partial charge in [-0.25, -0.2) is 4.98 Å². The van der Waals surface area contributed by atoms with Crippen LogP contribution in [0.5, 0.6) is 0 Å². The average Bonchev–Trinajstić information content (AvgIpc) is 2.97. The summed E-state index contributed by atoms with van der Waals surface area (Å²) in [5.74, 6) is 2.80. The van der Waals surface area contributed by atoms with Gasteiger partial charge in [0.15, 0.2) is 0 Å². The molecule has 0 bridgehead atoms. The van der Waals surface area contributed by atoms with Crippen LogP contribution in [0.1, 0.15) is 11.8 Å². The summed E-state index contributed by atoms with van der Waals surface area (Å²) in [5, 5.41) is 4.77. The number of nitrogens with zero attached hydrogens (tertiary/aromatic N) is 3. The van der Waals surface area contributed by atoms with Gasteiger partial charge in [0.05, 0.1) is 16.0 Å². The topological polar surface area (TPSA) is 77.8 Å². The third-order valence-electron chi connectivity index (χ3n) is 2.90. The summed E-state index contributed by atoms with van der Waals surface area (Å²) < 4.78 is 5.27. The summed E-state index contributed by atoms with van der Waals surface area (Å²) in [6, 6.07) is 1.64. The van der Waals surface area contributed by atoms with E-state index in [1.54, 1.807) is 17.8 Å². The molecule has 2 atom stereocenters. The van der Waals surface area contributed by atoms with E-state index < -0.39 is 0 Å². The first kappa shape index (κ1) is 13.2. The maximum absolute atomic E-state index is 6.06. The number of thioether (sulfide) groups is 1. The molecule has 2 N–H and O–H groups in total. The average molecular weight is 317 g/mol. The Balaban J connectivity index is 1.92. The SMILES string of the molecule is NC1CSCC1c1nc(-c2ncc(Cl)cc2Cl)no1. The van der Waals surface area contributed by atoms with Crippen molar-refractivity contribution in [1.82, 2.24) is 15.1 Å². The van der Waals surface area contributed by atoms with Gasteiger partial charge >= 0.3 is 0 Å². The van der Waals surface area contributed by atoms with Gasteiger partial charge in [-0.1, -0.05) is 28.4 Å². The van der Waals surface area contributed by atoms with Crippen molar-refractivity contribution in [2.45, 2.75) is 12.0 Å². The molecule has 2 aromatic heterocycles. The Morgan fingerprint density at radius 1 is 1.37 bits per heavy atom. The number of rotatable bonds is 2. The van der Waals surface area contributed by atoms with Gasteiger partial charge in [-0.3, -0.25) is 0 Å². The molecule has 0 saturated carbocycles. The van der Waals surface area contributed by atoms with Gasteiger partial charge in [0, 0.05) is 23.7 Å². The van der Waals surface area contributed by atoms with E-state index in [0.29, 0.717) is 27.5 Å². The van der Waals surface area contributed by atoms with Gasteiger partial charge in [-0.15, -0.1) is 0 Å². The van der Waals surface area contributed by atoms with Crippen molar-refractivity contribution in [2.24, 2.45) is 5.73 Å². The van der Waals surface area contributed by atoms with Crippen molar-refractivity contribution in [1.29, 1.82) is 0 Å². The van der Waals surface area contributed by atoms with Crippen molar-refractivity contribution in [3.63, 3.8) is 0 Å². The van der Waals surface area contributed by atoms with Crippen LogP contribution in [-0.2, 0) is 0 Å². The molecule has 2 aromatic rings. The number of halogens is 2. The van der Waals surface area contributed by atoms with Crippen LogP contribution in [0.4, 0.5) is 0 Å². The first-order valence-electron chi connectivity index (χ1n) is 5.63. The summed E-state index contributed by atoms with van der Waals surface area (Å²) >= 11 is 13.6. The first-order valence-corrected chi connectivity index (χ1v) is 7.54. The Hall–Kier alpha value is -0.820. The van der Waals surface area contributed by atoms with Crippen LogP contribution in [0.25, 0.3) is 11.5 Å². The van der Waals surface area contributed by atoms with E-state index in [-0.39, 0.29) is 12.0 Å². The maximum Gasteiger partial charge on any atom is 0.232 e. The largest absolute Gasteiger partial charge is 0.339 e. The lowest BCUT2D eigenvalue weighted by molar-refractivity contribution is 0.352. The summed E-state index contributed by atoms with van der Waals surface area (Å²) in [6.07, 6.45) is 1.50. The van der Waals surface area contributed by atoms with Gasteiger partial charge in [0.1, 0.15) is 5.69 Å². The molecule has 100 valence electrons. The normalized spacial score (nSPS) is 22.9. The minimum atomic E-state index is 0.0481. The second-order valence-electron chi connectivity index (χ2n) is 4.25. The Morgan fingerprint density at radius 3 is 2.89 bits per heavy atom. The van der Waals surface area contributed by atoms with Crippen molar-refractivity contribution >= 4 is 35.0 Å². The molecular formula is C11H10Cl2N4OS. The molecule has 8 heteroatoms. The van der Waals surface area contributed by atoms with Crippen molar-refractivity contribution < 1.29 is 4.52 Å². The van der Waals surface area contributed by atoms with Crippen LogP contribution >= 0.6 is 35.0 Å². The minimum absolute atomic E-state index is 0.0481. The highest BCUT2D eigenvalue weighted by molar-refractivity contribution is 7.99. The predicted molar refractivity (Wildman–Crippen MR) is 75.6 cm³/mol. The van der Waals surface area contributed by atoms with Crippen LogP contribution in [-0.4, -0.2) is 32.7 Å². The Kier molecular flexibility index (Phi) is 3.66. The second kappa shape index (κ2) is 5.28. The molecule has 2 unspecified atom stereocenters. The maximum atomic E-state index is 6.06. The zero-order valence-corrected chi connectivity index (χ0v) is 12.0. The minimum Gasteiger partial charge on any atom is -0.339 e. The lowest BCUT2D eigenvalue weighted by atomic mass is 10.1. The van der Waals surface area contributed by atoms with Crippen LogP contribution in [0.15, 0.2) is 16.8 Å².